The third kappa shape index (κ3) is 2.41. The van der Waals surface area contributed by atoms with Gasteiger partial charge < -0.3 is 4.57 Å². The molecule has 0 spiro atoms. The van der Waals surface area contributed by atoms with Gasteiger partial charge in [0.05, 0.1) is 0 Å². The van der Waals surface area contributed by atoms with Crippen LogP contribution in [0.25, 0.3) is 11.2 Å². The molecule has 0 bridgehead atoms. The Morgan fingerprint density at radius 2 is 1.86 bits per heavy atom. The molecule has 0 N–H and O–H groups in total. The number of hydrogen-bond acceptors (Lipinski definition) is 2. The van der Waals surface area contributed by atoms with Crippen LogP contribution >= 0.6 is 0 Å². The minimum atomic E-state index is 0.570. The minimum absolute atomic E-state index is 0.570. The highest BCUT2D eigenvalue weighted by atomic mass is 15.2. The average Bonchev–Trinajstić information content (AvgIpc) is 3.16. The highest BCUT2D eigenvalue weighted by Gasteiger charge is 2.23. The maximum absolute atomic E-state index is 4.88. The van der Waals surface area contributed by atoms with Crippen molar-refractivity contribution in [3.8, 4) is 0 Å². The van der Waals surface area contributed by atoms with Crippen LogP contribution in [0.2, 0.25) is 0 Å². The van der Waals surface area contributed by atoms with Crippen LogP contribution in [0.5, 0.6) is 0 Å². The standard InChI is InChI=1S/C19H21N3/c1-14-8-10-15(11-9-14)13-18-21-17-7-4-12-20-19(17)22(18)16-5-2-3-6-16/h4,7-12,16H,2-3,5-6,13H2,1H3. The first-order valence-electron chi connectivity index (χ1n) is 8.18. The monoisotopic (exact) mass is 291 g/mol. The zero-order valence-electron chi connectivity index (χ0n) is 13.0. The number of aryl methyl sites for hydroxylation is 1. The molecule has 0 aliphatic heterocycles. The van der Waals surface area contributed by atoms with Crippen molar-refractivity contribution in [1.29, 1.82) is 0 Å². The second-order valence-electron chi connectivity index (χ2n) is 6.34. The first-order chi connectivity index (χ1) is 10.8. The van der Waals surface area contributed by atoms with Crippen LogP contribution in [0.15, 0.2) is 42.6 Å². The number of pyridine rings is 1. The number of benzene rings is 1. The van der Waals surface area contributed by atoms with Crippen LogP contribution in [-0.4, -0.2) is 14.5 Å². The Bertz CT molecular complexity index is 780. The van der Waals surface area contributed by atoms with Gasteiger partial charge in [0.2, 0.25) is 0 Å². The number of nitrogens with zero attached hydrogens (tertiary/aromatic N) is 3. The Balaban J connectivity index is 1.78. The minimum Gasteiger partial charge on any atom is -0.309 e. The fourth-order valence-corrected chi connectivity index (χ4v) is 3.54. The van der Waals surface area contributed by atoms with Crippen molar-refractivity contribution in [2.75, 3.05) is 0 Å². The Morgan fingerprint density at radius 1 is 1.09 bits per heavy atom. The number of hydrogen-bond donors (Lipinski definition) is 0. The lowest BCUT2D eigenvalue weighted by Gasteiger charge is -2.15. The van der Waals surface area contributed by atoms with Gasteiger partial charge in [0, 0.05) is 18.7 Å². The molecule has 0 radical (unpaired) electrons. The van der Waals surface area contributed by atoms with Gasteiger partial charge in [-0.3, -0.25) is 0 Å². The Labute approximate surface area is 131 Å². The van der Waals surface area contributed by atoms with Crippen LogP contribution in [0.4, 0.5) is 0 Å². The van der Waals surface area contributed by atoms with E-state index in [-0.39, 0.29) is 0 Å². The van der Waals surface area contributed by atoms with Gasteiger partial charge in [-0.1, -0.05) is 42.7 Å². The topological polar surface area (TPSA) is 30.7 Å². The van der Waals surface area contributed by atoms with Crippen LogP contribution in [0.3, 0.4) is 0 Å². The lowest BCUT2D eigenvalue weighted by Crippen LogP contribution is -2.10. The Kier molecular flexibility index (Phi) is 3.41. The number of imidazole rings is 1. The van der Waals surface area contributed by atoms with Crippen LogP contribution in [0, 0.1) is 6.92 Å². The van der Waals surface area contributed by atoms with E-state index in [0.29, 0.717) is 6.04 Å². The summed E-state index contributed by atoms with van der Waals surface area (Å²) in [6.45, 7) is 2.13. The smallest absolute Gasteiger partial charge is 0.160 e. The summed E-state index contributed by atoms with van der Waals surface area (Å²) in [5, 5.41) is 0. The molecule has 4 rings (SSSR count). The molecule has 0 saturated heterocycles. The van der Waals surface area contributed by atoms with E-state index in [1.807, 2.05) is 12.3 Å². The highest BCUT2D eigenvalue weighted by Crippen LogP contribution is 2.33. The molecule has 3 aromatic rings. The van der Waals surface area contributed by atoms with Crippen molar-refractivity contribution in [3.05, 3.63) is 59.5 Å². The molecule has 22 heavy (non-hydrogen) atoms. The van der Waals surface area contributed by atoms with E-state index < -0.39 is 0 Å². The van der Waals surface area contributed by atoms with Crippen molar-refractivity contribution in [2.24, 2.45) is 0 Å². The predicted molar refractivity (Wildman–Crippen MR) is 89.0 cm³/mol. The summed E-state index contributed by atoms with van der Waals surface area (Å²) in [7, 11) is 0. The Morgan fingerprint density at radius 3 is 2.64 bits per heavy atom. The van der Waals surface area contributed by atoms with Crippen molar-refractivity contribution in [2.45, 2.75) is 45.1 Å². The summed E-state index contributed by atoms with van der Waals surface area (Å²) < 4.78 is 2.40. The van der Waals surface area contributed by atoms with Gasteiger partial charge in [0.1, 0.15) is 11.3 Å². The lowest BCUT2D eigenvalue weighted by atomic mass is 10.1. The number of aromatic nitrogens is 3. The summed E-state index contributed by atoms with van der Waals surface area (Å²) in [4.78, 5) is 9.48. The molecular formula is C19H21N3. The van der Waals surface area contributed by atoms with E-state index >= 15 is 0 Å². The highest BCUT2D eigenvalue weighted by molar-refractivity contribution is 5.71. The summed E-state index contributed by atoms with van der Waals surface area (Å²) in [5.41, 5.74) is 4.70. The predicted octanol–water partition coefficient (Wildman–Crippen LogP) is 4.45. The lowest BCUT2D eigenvalue weighted by molar-refractivity contribution is 0.511. The zero-order valence-corrected chi connectivity index (χ0v) is 13.0. The van der Waals surface area contributed by atoms with E-state index in [1.54, 1.807) is 0 Å². The molecule has 1 saturated carbocycles. The van der Waals surface area contributed by atoms with E-state index in [0.717, 1.165) is 23.4 Å². The molecular weight excluding hydrogens is 270 g/mol. The van der Waals surface area contributed by atoms with Gasteiger partial charge in [0.15, 0.2) is 5.65 Å². The first kappa shape index (κ1) is 13.5. The fourth-order valence-electron chi connectivity index (χ4n) is 3.54. The second kappa shape index (κ2) is 5.56. The quantitative estimate of drug-likeness (QED) is 0.714. The molecule has 1 aliphatic rings. The second-order valence-corrected chi connectivity index (χ2v) is 6.34. The molecule has 3 heteroatoms. The molecule has 0 amide bonds. The van der Waals surface area contributed by atoms with Crippen molar-refractivity contribution < 1.29 is 0 Å². The van der Waals surface area contributed by atoms with Crippen LogP contribution in [-0.2, 0) is 6.42 Å². The van der Waals surface area contributed by atoms with Gasteiger partial charge in [-0.15, -0.1) is 0 Å². The SMILES string of the molecule is Cc1ccc(Cc2nc3cccnc3n2C2CCCC2)cc1. The summed E-state index contributed by atoms with van der Waals surface area (Å²) >= 11 is 0. The number of fused-ring (bicyclic) bond motifs is 1. The van der Waals surface area contributed by atoms with E-state index in [4.69, 9.17) is 4.98 Å². The van der Waals surface area contributed by atoms with E-state index in [2.05, 4.69) is 46.8 Å². The zero-order chi connectivity index (χ0) is 14.9. The van der Waals surface area contributed by atoms with Crippen LogP contribution in [0.1, 0.15) is 48.7 Å². The molecule has 0 atom stereocenters. The van der Waals surface area contributed by atoms with Gasteiger partial charge >= 0.3 is 0 Å². The van der Waals surface area contributed by atoms with Gasteiger partial charge in [-0.25, -0.2) is 9.97 Å². The summed E-state index contributed by atoms with van der Waals surface area (Å²) in [6.07, 6.45) is 7.91. The molecule has 2 heterocycles. The maximum atomic E-state index is 4.88. The van der Waals surface area contributed by atoms with Gasteiger partial charge in [-0.2, -0.15) is 0 Å². The third-order valence-corrected chi connectivity index (χ3v) is 4.69. The molecule has 1 fully saturated rings. The third-order valence-electron chi connectivity index (χ3n) is 4.69. The molecule has 1 aromatic carbocycles. The Hall–Kier alpha value is -2.16. The normalized spacial score (nSPS) is 15.7. The van der Waals surface area contributed by atoms with Crippen molar-refractivity contribution in [3.63, 3.8) is 0 Å². The van der Waals surface area contributed by atoms with Gasteiger partial charge in [-0.05, 0) is 37.5 Å². The van der Waals surface area contributed by atoms with E-state index in [9.17, 15) is 0 Å². The molecule has 2 aromatic heterocycles. The van der Waals surface area contributed by atoms with Crippen LogP contribution < -0.4 is 0 Å². The molecule has 3 nitrogen and oxygen atoms in total. The molecule has 0 unspecified atom stereocenters. The van der Waals surface area contributed by atoms with Crippen molar-refractivity contribution >= 4 is 11.2 Å². The van der Waals surface area contributed by atoms with Crippen molar-refractivity contribution in [1.82, 2.24) is 14.5 Å². The van der Waals surface area contributed by atoms with Gasteiger partial charge in [0.25, 0.3) is 0 Å². The maximum Gasteiger partial charge on any atom is 0.160 e. The summed E-state index contributed by atoms with van der Waals surface area (Å²) in [6, 6.07) is 13.4. The molecule has 112 valence electrons. The largest absolute Gasteiger partial charge is 0.309 e. The average molecular weight is 291 g/mol. The first-order valence-corrected chi connectivity index (χ1v) is 8.18. The number of rotatable bonds is 3. The fraction of sp³-hybridized carbons (Fsp3) is 0.368. The van der Waals surface area contributed by atoms with E-state index in [1.165, 1.54) is 36.8 Å². The molecule has 1 aliphatic carbocycles. The summed E-state index contributed by atoms with van der Waals surface area (Å²) in [5.74, 6) is 1.16.